The first-order valence-electron chi connectivity index (χ1n) is 29.7. The second kappa shape index (κ2) is 34.8. The molecule has 4 nitrogen and oxygen atoms in total. The first kappa shape index (κ1) is 55.5. The van der Waals surface area contributed by atoms with Crippen LogP contribution in [-0.4, -0.2) is 9.13 Å². The van der Waals surface area contributed by atoms with Gasteiger partial charge in [-0.1, -0.05) is 282 Å². The summed E-state index contributed by atoms with van der Waals surface area (Å²) in [5.74, 6) is 0. The van der Waals surface area contributed by atoms with Crippen molar-refractivity contribution in [2.24, 2.45) is 0 Å². The summed E-state index contributed by atoms with van der Waals surface area (Å²) < 4.78 is 4.69. The van der Waals surface area contributed by atoms with E-state index in [0.717, 1.165) is 69.5 Å². The molecule has 2 heterocycles. The number of para-hydroxylation sites is 2. The Morgan fingerprint density at radius 1 is 0.265 bits per heavy atom. The van der Waals surface area contributed by atoms with Gasteiger partial charge in [-0.2, -0.15) is 0 Å². The number of aromatic nitrogens is 2. The minimum atomic E-state index is 0.0724. The first-order valence-corrected chi connectivity index (χ1v) is 29.7. The van der Waals surface area contributed by atoms with Gasteiger partial charge < -0.3 is 9.13 Å². The minimum Gasteiger partial charge on any atom is -0.340 e. The van der Waals surface area contributed by atoms with Crippen LogP contribution < -0.4 is 10.9 Å². The van der Waals surface area contributed by atoms with Gasteiger partial charge in [0, 0.05) is 34.6 Å². The highest BCUT2D eigenvalue weighted by atomic mass is 16.1. The highest BCUT2D eigenvalue weighted by molar-refractivity contribution is 6.03. The normalized spacial score (nSPS) is 11.9. The Balaban J connectivity index is 1.04. The topological polar surface area (TPSA) is 44.0 Å². The first-order chi connectivity index (χ1) is 33.7. The van der Waals surface area contributed by atoms with Crippen LogP contribution >= 0.6 is 0 Å². The van der Waals surface area contributed by atoms with Crippen LogP contribution in [0.15, 0.2) is 70.3 Å². The second-order valence-corrected chi connectivity index (χ2v) is 21.3. The van der Waals surface area contributed by atoms with Gasteiger partial charge in [0.1, 0.15) is 0 Å². The van der Waals surface area contributed by atoms with Gasteiger partial charge in [-0.25, -0.2) is 0 Å². The predicted molar refractivity (Wildman–Crippen MR) is 301 cm³/mol. The van der Waals surface area contributed by atoms with Crippen LogP contribution in [0.5, 0.6) is 0 Å². The van der Waals surface area contributed by atoms with Crippen LogP contribution in [0.2, 0.25) is 0 Å². The molecule has 0 saturated carbocycles. The van der Waals surface area contributed by atoms with E-state index in [-0.39, 0.29) is 10.9 Å². The smallest absolute Gasteiger partial charge is 0.197 e. The van der Waals surface area contributed by atoms with E-state index in [4.69, 9.17) is 0 Å². The monoisotopic (exact) mass is 929 g/mol. The van der Waals surface area contributed by atoms with Gasteiger partial charge >= 0.3 is 0 Å². The molecule has 0 atom stereocenters. The quantitative estimate of drug-likeness (QED) is 0.0289. The van der Waals surface area contributed by atoms with E-state index in [9.17, 15) is 9.59 Å². The molecule has 5 rings (SSSR count). The number of pyridine rings is 2. The van der Waals surface area contributed by atoms with Crippen LogP contribution in [-0.2, 0) is 13.1 Å². The SMILES string of the molecule is CCCCCCCCCCCCCCCCCCCCCCn1c2ccccc2c(=O)c2cc3c(cc21)c(=O)c1ccccc1n3CCCCCCCCCCCCCCCCCCCCCC. The molecular formula is C64H100N2O2. The Morgan fingerprint density at radius 2 is 0.485 bits per heavy atom. The predicted octanol–water partition coefficient (Wildman–Crippen LogP) is 20.3. The Hall–Kier alpha value is -3.40. The Kier molecular flexibility index (Phi) is 28.4. The fourth-order valence-corrected chi connectivity index (χ4v) is 11.3. The molecule has 0 radical (unpaired) electrons. The fourth-order valence-electron chi connectivity index (χ4n) is 11.3. The Bertz CT molecular complexity index is 2050. The van der Waals surface area contributed by atoms with Crippen molar-refractivity contribution in [2.45, 2.75) is 284 Å². The summed E-state index contributed by atoms with van der Waals surface area (Å²) in [5, 5.41) is 3.01. The molecule has 0 N–H and O–H groups in total. The fraction of sp³-hybridized carbons (Fsp3) is 0.688. The van der Waals surface area contributed by atoms with Gasteiger partial charge in [0.2, 0.25) is 0 Å². The molecule has 2 aromatic heterocycles. The van der Waals surface area contributed by atoms with E-state index in [2.05, 4.69) is 47.2 Å². The maximum absolute atomic E-state index is 14.2. The number of fused-ring (bicyclic) bond motifs is 4. The van der Waals surface area contributed by atoms with E-state index in [1.54, 1.807) is 0 Å². The zero-order valence-corrected chi connectivity index (χ0v) is 44.2. The molecule has 0 aliphatic heterocycles. The van der Waals surface area contributed by atoms with Crippen molar-refractivity contribution in [3.8, 4) is 0 Å². The molecule has 5 aromatic rings. The molecule has 0 bridgehead atoms. The van der Waals surface area contributed by atoms with Crippen molar-refractivity contribution in [1.29, 1.82) is 0 Å². The van der Waals surface area contributed by atoms with Crippen molar-refractivity contribution in [3.63, 3.8) is 0 Å². The average Bonchev–Trinajstić information content (AvgIpc) is 3.36. The molecule has 68 heavy (non-hydrogen) atoms. The molecule has 0 aliphatic carbocycles. The van der Waals surface area contributed by atoms with Gasteiger partial charge in [-0.3, -0.25) is 9.59 Å². The van der Waals surface area contributed by atoms with Crippen LogP contribution in [0, 0.1) is 0 Å². The van der Waals surface area contributed by atoms with Crippen LogP contribution in [0.3, 0.4) is 0 Å². The molecule has 3 aromatic carbocycles. The molecule has 0 amide bonds. The average molecular weight is 930 g/mol. The van der Waals surface area contributed by atoms with Gasteiger partial charge in [-0.15, -0.1) is 0 Å². The van der Waals surface area contributed by atoms with E-state index in [1.165, 1.54) is 244 Å². The summed E-state index contributed by atoms with van der Waals surface area (Å²) in [7, 11) is 0. The number of nitrogens with zero attached hydrogens (tertiary/aromatic N) is 2. The number of hydrogen-bond acceptors (Lipinski definition) is 2. The van der Waals surface area contributed by atoms with Crippen molar-refractivity contribution in [1.82, 2.24) is 9.13 Å². The lowest BCUT2D eigenvalue weighted by molar-refractivity contribution is 0.518. The standard InChI is InChI=1S/C64H100N2O2/c1-3-5-7-9-11-13-15-17-19-21-23-25-27-29-31-33-35-37-39-45-51-65-59-49-43-41-47-55(59)63(67)57-54-62-58(53-61(57)65)64(68)56-48-42-44-50-60(56)66(62)52-46-40-38-36-34-32-30-28-26-24-22-20-18-16-14-12-10-8-6-4-2/h41-44,47-50,53-54H,3-40,45-46,51-52H2,1-2H3. The molecule has 378 valence electrons. The minimum absolute atomic E-state index is 0.0724. The van der Waals surface area contributed by atoms with E-state index >= 15 is 0 Å². The summed E-state index contributed by atoms with van der Waals surface area (Å²) in [6.45, 7) is 6.30. The van der Waals surface area contributed by atoms with E-state index in [1.807, 2.05) is 36.4 Å². The molecule has 4 heteroatoms. The molecule has 0 fully saturated rings. The number of unbranched alkanes of at least 4 members (excludes halogenated alkanes) is 38. The molecule has 0 spiro atoms. The second-order valence-electron chi connectivity index (χ2n) is 21.3. The number of benzene rings is 3. The van der Waals surface area contributed by atoms with Crippen LogP contribution in [0.25, 0.3) is 43.6 Å². The van der Waals surface area contributed by atoms with Crippen LogP contribution in [0.1, 0.15) is 271 Å². The maximum Gasteiger partial charge on any atom is 0.197 e. The Morgan fingerprint density at radius 3 is 0.735 bits per heavy atom. The van der Waals surface area contributed by atoms with Gasteiger partial charge in [0.25, 0.3) is 0 Å². The number of rotatable bonds is 42. The third kappa shape index (κ3) is 19.4. The Labute approximate surface area is 415 Å². The number of aryl methyl sites for hydroxylation is 2. The van der Waals surface area contributed by atoms with Crippen molar-refractivity contribution < 1.29 is 0 Å². The lowest BCUT2D eigenvalue weighted by atomic mass is 10.0. The molecule has 0 aliphatic rings. The summed E-state index contributed by atoms with van der Waals surface area (Å²) in [6.07, 6.45) is 54.9. The molecule has 0 saturated heterocycles. The van der Waals surface area contributed by atoms with Crippen molar-refractivity contribution in [2.75, 3.05) is 0 Å². The summed E-state index contributed by atoms with van der Waals surface area (Å²) in [6, 6.07) is 20.4. The summed E-state index contributed by atoms with van der Waals surface area (Å²) in [4.78, 5) is 28.5. The summed E-state index contributed by atoms with van der Waals surface area (Å²) in [5.41, 5.74) is 3.90. The zero-order chi connectivity index (χ0) is 47.7. The lowest BCUT2D eigenvalue weighted by Crippen LogP contribution is -2.16. The zero-order valence-electron chi connectivity index (χ0n) is 44.2. The lowest BCUT2D eigenvalue weighted by Gasteiger charge is -2.19. The van der Waals surface area contributed by atoms with Gasteiger partial charge in [0.05, 0.1) is 22.1 Å². The van der Waals surface area contributed by atoms with Crippen molar-refractivity contribution in [3.05, 3.63) is 81.1 Å². The van der Waals surface area contributed by atoms with Crippen molar-refractivity contribution >= 4 is 43.6 Å². The summed E-state index contributed by atoms with van der Waals surface area (Å²) >= 11 is 0. The van der Waals surface area contributed by atoms with Crippen LogP contribution in [0.4, 0.5) is 0 Å². The highest BCUT2D eigenvalue weighted by Crippen LogP contribution is 2.28. The third-order valence-corrected chi connectivity index (χ3v) is 15.5. The highest BCUT2D eigenvalue weighted by Gasteiger charge is 2.17. The van der Waals surface area contributed by atoms with Gasteiger partial charge in [-0.05, 0) is 49.2 Å². The third-order valence-electron chi connectivity index (χ3n) is 15.5. The largest absolute Gasteiger partial charge is 0.340 e. The van der Waals surface area contributed by atoms with E-state index in [0.29, 0.717) is 0 Å². The van der Waals surface area contributed by atoms with E-state index < -0.39 is 0 Å². The number of hydrogen-bond donors (Lipinski definition) is 0. The molecule has 0 unspecified atom stereocenters. The van der Waals surface area contributed by atoms with Gasteiger partial charge in [0.15, 0.2) is 10.9 Å². The molecular weight excluding hydrogens is 829 g/mol. The maximum atomic E-state index is 14.2.